The highest BCUT2D eigenvalue weighted by molar-refractivity contribution is 6.20. The largest absolute Gasteiger partial charge is 0.503 e. The number of hydrogen-bond acceptors (Lipinski definition) is 4. The standard InChI is InChI=1S/C29H30N2O4/c1-30-18-6-9-24(30)19-10-14-22(15-11-19)31-26(20-7-4-3-5-8-20)25(28(33)29(31)34)27(32)21-12-16-23(35-2)17-13-21/h6,9-18,20,26,33H,3-5,7-8H2,1-2H3. The van der Waals surface area contributed by atoms with E-state index >= 15 is 0 Å². The number of methoxy groups -OCH3 is 1. The van der Waals surface area contributed by atoms with Crippen LogP contribution < -0.4 is 9.64 Å². The number of nitrogens with zero attached hydrogens (tertiary/aromatic N) is 2. The molecule has 1 atom stereocenters. The molecule has 3 aromatic rings. The second-order valence-corrected chi connectivity index (χ2v) is 9.39. The monoisotopic (exact) mass is 470 g/mol. The van der Waals surface area contributed by atoms with Crippen LogP contribution in [0.3, 0.4) is 0 Å². The van der Waals surface area contributed by atoms with Crippen LogP contribution in [0.1, 0.15) is 42.5 Å². The molecule has 5 rings (SSSR count). The number of ether oxygens (including phenoxy) is 1. The van der Waals surface area contributed by atoms with Gasteiger partial charge in [-0.3, -0.25) is 14.5 Å². The second kappa shape index (κ2) is 9.45. The fourth-order valence-corrected chi connectivity index (χ4v) is 5.49. The zero-order valence-electron chi connectivity index (χ0n) is 20.1. The van der Waals surface area contributed by atoms with Crippen molar-refractivity contribution in [3.63, 3.8) is 0 Å². The van der Waals surface area contributed by atoms with Crippen LogP contribution >= 0.6 is 0 Å². The number of aryl methyl sites for hydroxylation is 1. The summed E-state index contributed by atoms with van der Waals surface area (Å²) in [4.78, 5) is 28.7. The van der Waals surface area contributed by atoms with Crippen LogP contribution in [0.5, 0.6) is 5.75 Å². The van der Waals surface area contributed by atoms with Crippen LogP contribution in [-0.2, 0) is 11.8 Å². The zero-order valence-corrected chi connectivity index (χ0v) is 20.1. The Bertz CT molecular complexity index is 1260. The van der Waals surface area contributed by atoms with Crippen LogP contribution in [0.25, 0.3) is 11.3 Å². The third kappa shape index (κ3) is 4.14. The van der Waals surface area contributed by atoms with E-state index in [1.807, 2.05) is 54.2 Å². The van der Waals surface area contributed by atoms with E-state index in [-0.39, 0.29) is 17.3 Å². The van der Waals surface area contributed by atoms with E-state index in [9.17, 15) is 14.7 Å². The lowest BCUT2D eigenvalue weighted by Gasteiger charge is -2.35. The maximum Gasteiger partial charge on any atom is 0.294 e. The molecule has 6 nitrogen and oxygen atoms in total. The Morgan fingerprint density at radius 1 is 0.971 bits per heavy atom. The van der Waals surface area contributed by atoms with Crippen molar-refractivity contribution in [3.8, 4) is 17.0 Å². The third-order valence-corrected chi connectivity index (χ3v) is 7.33. The van der Waals surface area contributed by atoms with Crippen LogP contribution in [0.15, 0.2) is 78.2 Å². The molecule has 2 heterocycles. The first-order valence-electron chi connectivity index (χ1n) is 12.2. The van der Waals surface area contributed by atoms with Crippen molar-refractivity contribution in [2.45, 2.75) is 38.1 Å². The summed E-state index contributed by atoms with van der Waals surface area (Å²) in [6, 6.07) is 18.1. The Balaban J connectivity index is 1.53. The molecule has 0 saturated heterocycles. The Morgan fingerprint density at radius 2 is 1.66 bits per heavy atom. The summed E-state index contributed by atoms with van der Waals surface area (Å²) < 4.78 is 7.25. The average Bonchev–Trinajstić information content (AvgIpc) is 3.44. The number of aromatic nitrogens is 1. The van der Waals surface area contributed by atoms with Gasteiger partial charge < -0.3 is 14.4 Å². The van der Waals surface area contributed by atoms with Gasteiger partial charge in [0.05, 0.1) is 18.7 Å². The Labute approximate surface area is 205 Å². The summed E-state index contributed by atoms with van der Waals surface area (Å²) in [6.07, 6.45) is 7.09. The number of carbonyl (C=O) groups excluding carboxylic acids is 2. The quantitative estimate of drug-likeness (QED) is 0.470. The molecule has 1 aromatic heterocycles. The Hall–Kier alpha value is -3.80. The molecule has 6 heteroatoms. The fourth-order valence-electron chi connectivity index (χ4n) is 5.49. The molecule has 1 saturated carbocycles. The van der Waals surface area contributed by atoms with Gasteiger partial charge in [0, 0.05) is 30.2 Å². The molecule has 0 spiro atoms. The fraction of sp³-hybridized carbons (Fsp3) is 0.310. The Kier molecular flexibility index (Phi) is 6.20. The smallest absolute Gasteiger partial charge is 0.294 e. The summed E-state index contributed by atoms with van der Waals surface area (Å²) in [5.74, 6) is -0.498. The van der Waals surface area contributed by atoms with E-state index < -0.39 is 17.7 Å². The highest BCUT2D eigenvalue weighted by Gasteiger charge is 2.47. The number of rotatable bonds is 6. The lowest BCUT2D eigenvalue weighted by atomic mass is 9.79. The van der Waals surface area contributed by atoms with E-state index in [1.165, 1.54) is 0 Å². The van der Waals surface area contributed by atoms with Crippen molar-refractivity contribution in [2.75, 3.05) is 12.0 Å². The minimum absolute atomic E-state index is 0.113. The van der Waals surface area contributed by atoms with Crippen molar-refractivity contribution in [2.24, 2.45) is 13.0 Å². The van der Waals surface area contributed by atoms with Gasteiger partial charge in [0.25, 0.3) is 5.91 Å². The molecule has 2 aliphatic rings. The van der Waals surface area contributed by atoms with Gasteiger partial charge >= 0.3 is 0 Å². The summed E-state index contributed by atoms with van der Waals surface area (Å²) >= 11 is 0. The predicted octanol–water partition coefficient (Wildman–Crippen LogP) is 5.69. The minimum atomic E-state index is -0.510. The molecule has 1 fully saturated rings. The second-order valence-electron chi connectivity index (χ2n) is 9.39. The molecule has 1 aliphatic heterocycles. The molecular weight excluding hydrogens is 440 g/mol. The molecule has 180 valence electrons. The number of benzene rings is 2. The first-order chi connectivity index (χ1) is 17.0. The highest BCUT2D eigenvalue weighted by Crippen LogP contribution is 2.41. The van der Waals surface area contributed by atoms with Gasteiger partial charge in [-0.2, -0.15) is 0 Å². The van der Waals surface area contributed by atoms with E-state index in [1.54, 1.807) is 36.3 Å². The number of hydrogen-bond donors (Lipinski definition) is 1. The number of Topliss-reactive ketones (excluding diaryl/α,β-unsaturated/α-hetero) is 1. The van der Waals surface area contributed by atoms with Crippen LogP contribution in [0.4, 0.5) is 5.69 Å². The number of carbonyl (C=O) groups is 2. The number of amides is 1. The van der Waals surface area contributed by atoms with Gasteiger partial charge in [0.15, 0.2) is 11.5 Å². The van der Waals surface area contributed by atoms with Crippen molar-refractivity contribution in [3.05, 3.63) is 83.8 Å². The molecule has 35 heavy (non-hydrogen) atoms. The topological polar surface area (TPSA) is 71.8 Å². The summed E-state index contributed by atoms with van der Waals surface area (Å²) in [7, 11) is 3.56. The zero-order chi connectivity index (χ0) is 24.5. The maximum atomic E-state index is 13.6. The number of ketones is 1. The third-order valence-electron chi connectivity index (χ3n) is 7.33. The Morgan fingerprint density at radius 3 is 2.26 bits per heavy atom. The molecule has 1 aliphatic carbocycles. The summed E-state index contributed by atoms with van der Waals surface area (Å²) in [5.41, 5.74) is 3.44. The van der Waals surface area contributed by atoms with E-state index in [0.717, 1.165) is 43.4 Å². The van der Waals surface area contributed by atoms with Crippen molar-refractivity contribution < 1.29 is 19.4 Å². The summed E-state index contributed by atoms with van der Waals surface area (Å²) in [5, 5.41) is 11.0. The van der Waals surface area contributed by atoms with Gasteiger partial charge in [0.2, 0.25) is 0 Å². The average molecular weight is 471 g/mol. The molecule has 1 amide bonds. The normalized spacial score (nSPS) is 18.9. The molecule has 1 N–H and O–H groups in total. The number of aliphatic hydroxyl groups excluding tert-OH is 1. The van der Waals surface area contributed by atoms with E-state index in [0.29, 0.717) is 17.0 Å². The van der Waals surface area contributed by atoms with Crippen molar-refractivity contribution in [1.29, 1.82) is 0 Å². The van der Waals surface area contributed by atoms with Crippen molar-refractivity contribution >= 4 is 17.4 Å². The molecule has 2 aromatic carbocycles. The van der Waals surface area contributed by atoms with Gasteiger partial charge in [-0.1, -0.05) is 31.4 Å². The number of anilines is 1. The van der Waals surface area contributed by atoms with Crippen molar-refractivity contribution in [1.82, 2.24) is 4.57 Å². The lowest BCUT2D eigenvalue weighted by molar-refractivity contribution is -0.117. The van der Waals surface area contributed by atoms with Gasteiger partial charge in [0.1, 0.15) is 5.75 Å². The van der Waals surface area contributed by atoms with Crippen LogP contribution in [0, 0.1) is 5.92 Å². The highest BCUT2D eigenvalue weighted by atomic mass is 16.5. The van der Waals surface area contributed by atoms with Crippen LogP contribution in [-0.4, -0.2) is 34.5 Å². The SMILES string of the molecule is COc1ccc(C(=O)C2=C(O)C(=O)N(c3ccc(-c4cccn4C)cc3)C2C2CCCCC2)cc1. The van der Waals surface area contributed by atoms with Crippen LogP contribution in [0.2, 0.25) is 0 Å². The molecule has 0 radical (unpaired) electrons. The molecule has 0 bridgehead atoms. The summed E-state index contributed by atoms with van der Waals surface area (Å²) in [6.45, 7) is 0. The van der Waals surface area contributed by atoms with Gasteiger partial charge in [-0.25, -0.2) is 0 Å². The first-order valence-corrected chi connectivity index (χ1v) is 12.2. The first kappa shape index (κ1) is 23.0. The van der Waals surface area contributed by atoms with Gasteiger partial charge in [-0.15, -0.1) is 0 Å². The lowest BCUT2D eigenvalue weighted by Crippen LogP contribution is -2.42. The molecular formula is C29H30N2O4. The maximum absolute atomic E-state index is 13.6. The van der Waals surface area contributed by atoms with Gasteiger partial charge in [-0.05, 0) is 72.9 Å². The number of aliphatic hydroxyl groups is 1. The van der Waals surface area contributed by atoms with E-state index in [4.69, 9.17) is 4.74 Å². The minimum Gasteiger partial charge on any atom is -0.503 e. The predicted molar refractivity (Wildman–Crippen MR) is 136 cm³/mol. The van der Waals surface area contributed by atoms with E-state index in [2.05, 4.69) is 0 Å². The molecule has 1 unspecified atom stereocenters.